The average molecular weight is 194 g/mol. The molecule has 0 spiro atoms. The third kappa shape index (κ3) is 2.32. The Morgan fingerprint density at radius 3 is 2.93 bits per heavy atom. The Balaban J connectivity index is 2.90. The summed E-state index contributed by atoms with van der Waals surface area (Å²) in [7, 11) is 0. The smallest absolute Gasteiger partial charge is 0.236 e. The fourth-order valence-electron chi connectivity index (χ4n) is 1.08. The molecule has 1 aromatic carbocycles. The van der Waals surface area contributed by atoms with E-state index in [1.807, 2.05) is 0 Å². The fourth-order valence-corrected chi connectivity index (χ4v) is 1.08. The molecule has 0 heterocycles. The first-order chi connectivity index (χ1) is 6.65. The Morgan fingerprint density at radius 2 is 2.36 bits per heavy atom. The Kier molecular flexibility index (Phi) is 3.23. The van der Waals surface area contributed by atoms with Gasteiger partial charge in [0, 0.05) is 11.3 Å². The average Bonchev–Trinajstić information content (AvgIpc) is 2.14. The molecule has 1 aromatic rings. The van der Waals surface area contributed by atoms with E-state index in [4.69, 9.17) is 5.73 Å². The zero-order chi connectivity index (χ0) is 10.6. The molecule has 0 atom stereocenters. The fraction of sp³-hybridized carbons (Fsp3) is 0.100. The molecular weight excluding hydrogens is 183 g/mol. The monoisotopic (exact) mass is 194 g/mol. The van der Waals surface area contributed by atoms with Gasteiger partial charge in [-0.3, -0.25) is 4.79 Å². The van der Waals surface area contributed by atoms with Crippen LogP contribution in [0.15, 0.2) is 24.8 Å². The van der Waals surface area contributed by atoms with Crippen LogP contribution in [0.3, 0.4) is 0 Å². The van der Waals surface area contributed by atoms with Crippen LogP contribution in [-0.2, 0) is 4.79 Å². The Labute approximate surface area is 81.4 Å². The predicted octanol–water partition coefficient (Wildman–Crippen LogP) is 1.37. The second kappa shape index (κ2) is 4.41. The highest BCUT2D eigenvalue weighted by Crippen LogP contribution is 2.19. The van der Waals surface area contributed by atoms with Gasteiger partial charge in [0.25, 0.3) is 0 Å². The summed E-state index contributed by atoms with van der Waals surface area (Å²) in [6, 6.07) is 4.53. The number of anilines is 1. The van der Waals surface area contributed by atoms with Crippen molar-refractivity contribution in [3.63, 3.8) is 0 Å². The van der Waals surface area contributed by atoms with Gasteiger partial charge < -0.3 is 11.1 Å². The number of nitrogens with two attached hydrogens (primary N) is 1. The van der Waals surface area contributed by atoms with Gasteiger partial charge in [0.05, 0.1) is 6.54 Å². The molecule has 0 saturated carbocycles. The molecule has 1 amide bonds. The molecule has 0 unspecified atom stereocenters. The van der Waals surface area contributed by atoms with Gasteiger partial charge in [-0.2, -0.15) is 0 Å². The maximum Gasteiger partial charge on any atom is 0.236 e. The molecule has 74 valence electrons. The molecule has 0 fully saturated rings. The lowest BCUT2D eigenvalue weighted by molar-refractivity contribution is -0.116. The summed E-state index contributed by atoms with van der Waals surface area (Å²) in [5, 5.41) is 2.72. The summed E-state index contributed by atoms with van der Waals surface area (Å²) < 4.78 is 13.1. The normalized spacial score (nSPS) is 9.50. The van der Waals surface area contributed by atoms with Gasteiger partial charge in [-0.15, -0.1) is 0 Å². The van der Waals surface area contributed by atoms with Crippen LogP contribution in [0, 0.1) is 5.82 Å². The van der Waals surface area contributed by atoms with Crippen molar-refractivity contribution in [2.45, 2.75) is 0 Å². The molecule has 0 bridgehead atoms. The van der Waals surface area contributed by atoms with Gasteiger partial charge in [-0.05, 0) is 12.1 Å². The molecule has 4 heteroatoms. The van der Waals surface area contributed by atoms with E-state index in [1.165, 1.54) is 12.1 Å². The first-order valence-electron chi connectivity index (χ1n) is 4.08. The minimum Gasteiger partial charge on any atom is -0.376 e. The lowest BCUT2D eigenvalue weighted by Gasteiger charge is -2.08. The molecule has 0 aliphatic rings. The Bertz CT molecular complexity index is 363. The van der Waals surface area contributed by atoms with E-state index in [0.29, 0.717) is 11.3 Å². The quantitative estimate of drug-likeness (QED) is 0.760. The van der Waals surface area contributed by atoms with E-state index in [1.54, 1.807) is 12.1 Å². The van der Waals surface area contributed by atoms with Crippen molar-refractivity contribution in [2.24, 2.45) is 5.73 Å². The van der Waals surface area contributed by atoms with Crippen molar-refractivity contribution in [1.82, 2.24) is 0 Å². The Morgan fingerprint density at radius 1 is 1.64 bits per heavy atom. The topological polar surface area (TPSA) is 55.1 Å². The van der Waals surface area contributed by atoms with Crippen LogP contribution in [0.25, 0.3) is 6.08 Å². The van der Waals surface area contributed by atoms with Crippen molar-refractivity contribution in [2.75, 3.05) is 11.9 Å². The number of hydrogen-bond acceptors (Lipinski definition) is 2. The summed E-state index contributed by atoms with van der Waals surface area (Å²) >= 11 is 0. The number of carbonyl (C=O) groups is 1. The zero-order valence-electron chi connectivity index (χ0n) is 7.59. The van der Waals surface area contributed by atoms with Gasteiger partial charge in [-0.1, -0.05) is 18.7 Å². The van der Waals surface area contributed by atoms with Gasteiger partial charge in [-0.25, -0.2) is 4.39 Å². The van der Waals surface area contributed by atoms with Crippen LogP contribution in [0.5, 0.6) is 0 Å². The van der Waals surface area contributed by atoms with Gasteiger partial charge in [0.1, 0.15) is 5.82 Å². The summed E-state index contributed by atoms with van der Waals surface area (Å²) in [5.74, 6) is -0.876. The largest absolute Gasteiger partial charge is 0.376 e. The van der Waals surface area contributed by atoms with Crippen LogP contribution in [0.2, 0.25) is 0 Å². The third-order valence-electron chi connectivity index (χ3n) is 1.71. The number of rotatable bonds is 4. The van der Waals surface area contributed by atoms with Gasteiger partial charge in [0.15, 0.2) is 0 Å². The molecule has 3 nitrogen and oxygen atoms in total. The second-order valence-electron chi connectivity index (χ2n) is 2.73. The van der Waals surface area contributed by atoms with Crippen LogP contribution in [0.1, 0.15) is 5.56 Å². The highest BCUT2D eigenvalue weighted by Gasteiger charge is 2.04. The molecule has 3 N–H and O–H groups in total. The molecular formula is C10H11FN2O. The van der Waals surface area contributed by atoms with Crippen LogP contribution >= 0.6 is 0 Å². The van der Waals surface area contributed by atoms with E-state index in [-0.39, 0.29) is 12.4 Å². The van der Waals surface area contributed by atoms with Crippen molar-refractivity contribution in [3.8, 4) is 0 Å². The lowest BCUT2D eigenvalue weighted by Crippen LogP contribution is -2.22. The number of hydrogen-bond donors (Lipinski definition) is 2. The molecule has 0 radical (unpaired) electrons. The number of carbonyl (C=O) groups excluding carboxylic acids is 1. The van der Waals surface area contributed by atoms with Crippen molar-refractivity contribution in [1.29, 1.82) is 0 Å². The van der Waals surface area contributed by atoms with Crippen molar-refractivity contribution < 1.29 is 9.18 Å². The minimum absolute atomic E-state index is 0.0235. The molecule has 0 aliphatic heterocycles. The molecule has 14 heavy (non-hydrogen) atoms. The number of benzene rings is 1. The lowest BCUT2D eigenvalue weighted by atomic mass is 10.1. The highest BCUT2D eigenvalue weighted by atomic mass is 19.1. The number of halogens is 1. The summed E-state index contributed by atoms with van der Waals surface area (Å²) in [6.07, 6.45) is 1.39. The number of primary amides is 1. The number of nitrogens with one attached hydrogen (secondary N) is 1. The van der Waals surface area contributed by atoms with Crippen LogP contribution < -0.4 is 11.1 Å². The van der Waals surface area contributed by atoms with E-state index in [0.717, 1.165) is 0 Å². The first-order valence-corrected chi connectivity index (χ1v) is 4.08. The molecule has 0 aromatic heterocycles. The summed E-state index contributed by atoms with van der Waals surface area (Å²) in [4.78, 5) is 10.5. The Hall–Kier alpha value is -1.84. The maximum atomic E-state index is 13.1. The number of amides is 1. The standard InChI is InChI=1S/C10H11FN2O/c1-2-7-8(11)4-3-5-9(7)13-6-10(12)14/h2-5,13H,1,6H2,(H2,12,14). The molecule has 0 aliphatic carbocycles. The maximum absolute atomic E-state index is 13.1. The summed E-state index contributed by atoms with van der Waals surface area (Å²) in [5.41, 5.74) is 5.80. The third-order valence-corrected chi connectivity index (χ3v) is 1.71. The first kappa shape index (κ1) is 10.2. The van der Waals surface area contributed by atoms with Gasteiger partial charge in [0.2, 0.25) is 5.91 Å². The zero-order valence-corrected chi connectivity index (χ0v) is 7.59. The summed E-state index contributed by atoms with van der Waals surface area (Å²) in [6.45, 7) is 3.46. The van der Waals surface area contributed by atoms with Crippen LogP contribution in [0.4, 0.5) is 10.1 Å². The van der Waals surface area contributed by atoms with E-state index in [9.17, 15) is 9.18 Å². The molecule has 1 rings (SSSR count). The minimum atomic E-state index is -0.496. The molecule has 0 saturated heterocycles. The van der Waals surface area contributed by atoms with E-state index >= 15 is 0 Å². The van der Waals surface area contributed by atoms with Crippen molar-refractivity contribution >= 4 is 17.7 Å². The van der Waals surface area contributed by atoms with E-state index < -0.39 is 5.91 Å². The van der Waals surface area contributed by atoms with Crippen molar-refractivity contribution in [3.05, 3.63) is 36.2 Å². The second-order valence-corrected chi connectivity index (χ2v) is 2.73. The van der Waals surface area contributed by atoms with Gasteiger partial charge >= 0.3 is 0 Å². The SMILES string of the molecule is C=Cc1c(F)cccc1NCC(N)=O. The predicted molar refractivity (Wildman–Crippen MR) is 54.2 cm³/mol. The van der Waals surface area contributed by atoms with Crippen LogP contribution in [-0.4, -0.2) is 12.5 Å². The highest BCUT2D eigenvalue weighted by molar-refractivity contribution is 5.80. The van der Waals surface area contributed by atoms with E-state index in [2.05, 4.69) is 11.9 Å².